The number of thiophene rings is 1. The zero-order valence-corrected chi connectivity index (χ0v) is 15.6. The SMILES string of the molecule is O=C1c2cccn2[C@@H]2CN(Cc3ccc(F)cc3)C[C@@H]2N1Cc1cccs1. The third kappa shape index (κ3) is 2.99. The summed E-state index contributed by atoms with van der Waals surface area (Å²) in [4.78, 5) is 18.7. The molecule has 0 N–H and O–H groups in total. The molecule has 0 aliphatic carbocycles. The number of likely N-dealkylation sites (tertiary alicyclic amines) is 1. The largest absolute Gasteiger partial charge is 0.337 e. The smallest absolute Gasteiger partial charge is 0.271 e. The van der Waals surface area contributed by atoms with Crippen molar-refractivity contribution in [2.45, 2.75) is 25.2 Å². The summed E-state index contributed by atoms with van der Waals surface area (Å²) in [5.74, 6) is -0.100. The second-order valence-corrected chi connectivity index (χ2v) is 8.30. The van der Waals surface area contributed by atoms with Crippen molar-refractivity contribution in [1.82, 2.24) is 14.4 Å². The lowest BCUT2D eigenvalue weighted by molar-refractivity contribution is 0.0559. The maximum absolute atomic E-state index is 13.2. The third-order valence-electron chi connectivity index (χ3n) is 5.58. The predicted octanol–water partition coefficient (Wildman–Crippen LogP) is 3.77. The molecule has 1 fully saturated rings. The molecule has 2 aliphatic rings. The number of carbonyl (C=O) groups is 1. The average Bonchev–Trinajstić information content (AvgIpc) is 3.40. The predicted molar refractivity (Wildman–Crippen MR) is 103 cm³/mol. The molecule has 2 aromatic heterocycles. The van der Waals surface area contributed by atoms with E-state index in [1.54, 1.807) is 11.3 Å². The van der Waals surface area contributed by atoms with Gasteiger partial charge in [0.05, 0.1) is 18.6 Å². The van der Waals surface area contributed by atoms with Crippen molar-refractivity contribution in [1.29, 1.82) is 0 Å². The Hall–Kier alpha value is -2.44. The van der Waals surface area contributed by atoms with Crippen LogP contribution in [0.1, 0.15) is 27.0 Å². The molecule has 4 nitrogen and oxygen atoms in total. The van der Waals surface area contributed by atoms with Gasteiger partial charge < -0.3 is 9.47 Å². The van der Waals surface area contributed by atoms with Crippen molar-refractivity contribution in [3.05, 3.63) is 82.1 Å². The van der Waals surface area contributed by atoms with Crippen molar-refractivity contribution >= 4 is 17.2 Å². The van der Waals surface area contributed by atoms with E-state index in [-0.39, 0.29) is 23.8 Å². The average molecular weight is 381 g/mol. The van der Waals surface area contributed by atoms with Crippen LogP contribution in [0.4, 0.5) is 4.39 Å². The van der Waals surface area contributed by atoms with Gasteiger partial charge in [-0.25, -0.2) is 4.39 Å². The fourth-order valence-corrected chi connectivity index (χ4v) is 5.03. The molecule has 0 bridgehead atoms. The van der Waals surface area contributed by atoms with E-state index in [9.17, 15) is 9.18 Å². The molecular formula is C21H20FN3OS. The standard InChI is InChI=1S/C21H20FN3OS/c22-16-7-5-15(6-8-16)11-23-13-19-20(14-23)25(12-17-3-2-10-27-17)21(26)18-4-1-9-24(18)19/h1-10,19-20H,11-14H2/t19-,20+/m1/s1. The first-order chi connectivity index (χ1) is 13.2. The lowest BCUT2D eigenvalue weighted by atomic mass is 10.1. The normalized spacial score (nSPS) is 22.1. The van der Waals surface area contributed by atoms with Gasteiger partial charge in [-0.05, 0) is 41.3 Å². The Kier molecular flexibility index (Phi) is 4.10. The molecule has 3 aromatic rings. The Morgan fingerprint density at radius 2 is 1.81 bits per heavy atom. The Labute approximate surface area is 161 Å². The Balaban J connectivity index is 1.42. The van der Waals surface area contributed by atoms with Gasteiger partial charge in [0.1, 0.15) is 11.5 Å². The molecule has 0 spiro atoms. The first kappa shape index (κ1) is 16.7. The molecular weight excluding hydrogens is 361 g/mol. The number of rotatable bonds is 4. The fourth-order valence-electron chi connectivity index (χ4n) is 4.33. The topological polar surface area (TPSA) is 28.5 Å². The summed E-state index contributed by atoms with van der Waals surface area (Å²) in [6.07, 6.45) is 2.02. The third-order valence-corrected chi connectivity index (χ3v) is 6.44. The van der Waals surface area contributed by atoms with Gasteiger partial charge in [-0.1, -0.05) is 18.2 Å². The van der Waals surface area contributed by atoms with Gasteiger partial charge in [0.25, 0.3) is 5.91 Å². The Morgan fingerprint density at radius 3 is 2.59 bits per heavy atom. The monoisotopic (exact) mass is 381 g/mol. The lowest BCUT2D eigenvalue weighted by Crippen LogP contribution is -2.49. The molecule has 1 amide bonds. The van der Waals surface area contributed by atoms with Crippen LogP contribution >= 0.6 is 11.3 Å². The number of amides is 1. The number of carbonyl (C=O) groups excluding carboxylic acids is 1. The number of hydrogen-bond donors (Lipinski definition) is 0. The van der Waals surface area contributed by atoms with E-state index in [0.29, 0.717) is 6.54 Å². The number of nitrogens with zero attached hydrogens (tertiary/aromatic N) is 3. The van der Waals surface area contributed by atoms with Crippen LogP contribution in [0.2, 0.25) is 0 Å². The molecule has 2 atom stereocenters. The minimum absolute atomic E-state index is 0.110. The highest BCUT2D eigenvalue weighted by molar-refractivity contribution is 7.09. The highest BCUT2D eigenvalue weighted by Gasteiger charge is 2.44. The molecule has 0 saturated carbocycles. The van der Waals surface area contributed by atoms with Gasteiger partial charge in [0, 0.05) is 30.7 Å². The first-order valence-electron chi connectivity index (χ1n) is 9.16. The second kappa shape index (κ2) is 6.62. The van der Waals surface area contributed by atoms with Crippen LogP contribution in [0.5, 0.6) is 0 Å². The lowest BCUT2D eigenvalue weighted by Gasteiger charge is -2.38. The van der Waals surface area contributed by atoms with Crippen molar-refractivity contribution in [3.8, 4) is 0 Å². The summed E-state index contributed by atoms with van der Waals surface area (Å²) in [5, 5.41) is 2.05. The van der Waals surface area contributed by atoms with Crippen molar-refractivity contribution in [2.75, 3.05) is 13.1 Å². The van der Waals surface area contributed by atoms with Crippen LogP contribution in [0, 0.1) is 5.82 Å². The number of aromatic nitrogens is 1. The number of benzene rings is 1. The van der Waals surface area contributed by atoms with E-state index in [4.69, 9.17) is 0 Å². The van der Waals surface area contributed by atoms with E-state index in [0.717, 1.165) is 30.9 Å². The van der Waals surface area contributed by atoms with E-state index >= 15 is 0 Å². The maximum atomic E-state index is 13.2. The van der Waals surface area contributed by atoms with E-state index in [2.05, 4.69) is 20.9 Å². The van der Waals surface area contributed by atoms with E-state index in [1.165, 1.54) is 17.0 Å². The van der Waals surface area contributed by atoms with Gasteiger partial charge in [-0.15, -0.1) is 11.3 Å². The number of fused-ring (bicyclic) bond motifs is 3. The van der Waals surface area contributed by atoms with Gasteiger partial charge in [0.15, 0.2) is 0 Å². The summed E-state index contributed by atoms with van der Waals surface area (Å²) in [7, 11) is 0. The van der Waals surface area contributed by atoms with Crippen molar-refractivity contribution in [3.63, 3.8) is 0 Å². The van der Waals surface area contributed by atoms with Gasteiger partial charge in [-0.3, -0.25) is 9.69 Å². The summed E-state index contributed by atoms with van der Waals surface area (Å²) in [6.45, 7) is 3.15. The highest BCUT2D eigenvalue weighted by atomic mass is 32.1. The molecule has 6 heteroatoms. The van der Waals surface area contributed by atoms with E-state index in [1.807, 2.05) is 41.4 Å². The van der Waals surface area contributed by atoms with Crippen LogP contribution in [-0.2, 0) is 13.1 Å². The molecule has 5 rings (SSSR count). The zero-order chi connectivity index (χ0) is 18.4. The molecule has 4 heterocycles. The zero-order valence-electron chi connectivity index (χ0n) is 14.8. The molecule has 0 unspecified atom stereocenters. The van der Waals surface area contributed by atoms with Crippen LogP contribution in [0.25, 0.3) is 0 Å². The Bertz CT molecular complexity index is 950. The van der Waals surface area contributed by atoms with Gasteiger partial charge >= 0.3 is 0 Å². The fraction of sp³-hybridized carbons (Fsp3) is 0.286. The van der Waals surface area contributed by atoms with Crippen LogP contribution in [0.15, 0.2) is 60.1 Å². The maximum Gasteiger partial charge on any atom is 0.271 e. The molecule has 0 radical (unpaired) electrons. The Morgan fingerprint density at radius 1 is 1.00 bits per heavy atom. The summed E-state index contributed by atoms with van der Waals surface area (Å²) in [6, 6.07) is 15.1. The minimum Gasteiger partial charge on any atom is -0.337 e. The van der Waals surface area contributed by atoms with E-state index < -0.39 is 0 Å². The van der Waals surface area contributed by atoms with Crippen molar-refractivity contribution in [2.24, 2.45) is 0 Å². The molecule has 1 aromatic carbocycles. The van der Waals surface area contributed by atoms with Crippen LogP contribution in [-0.4, -0.2) is 39.4 Å². The summed E-state index contributed by atoms with van der Waals surface area (Å²) >= 11 is 1.69. The first-order valence-corrected chi connectivity index (χ1v) is 10.0. The van der Waals surface area contributed by atoms with Crippen molar-refractivity contribution < 1.29 is 9.18 Å². The minimum atomic E-state index is -0.210. The molecule has 1 saturated heterocycles. The number of halogens is 1. The molecule has 27 heavy (non-hydrogen) atoms. The summed E-state index contributed by atoms with van der Waals surface area (Å²) < 4.78 is 15.3. The summed E-state index contributed by atoms with van der Waals surface area (Å²) in [5.41, 5.74) is 1.87. The van der Waals surface area contributed by atoms with Crippen LogP contribution < -0.4 is 0 Å². The second-order valence-electron chi connectivity index (χ2n) is 7.27. The van der Waals surface area contributed by atoms with Crippen LogP contribution in [0.3, 0.4) is 0 Å². The van der Waals surface area contributed by atoms with Gasteiger partial charge in [0.2, 0.25) is 0 Å². The number of hydrogen-bond acceptors (Lipinski definition) is 3. The van der Waals surface area contributed by atoms with Gasteiger partial charge in [-0.2, -0.15) is 0 Å². The quantitative estimate of drug-likeness (QED) is 0.688. The molecule has 2 aliphatic heterocycles. The molecule has 138 valence electrons. The highest BCUT2D eigenvalue weighted by Crippen LogP contribution is 2.35.